The standard InChI is InChI=1S/C17H31N5O5/c1-10(19)16(25)22-9-5-7-13(22)15(24)20-11(2)14(23)21-12(17(26)27)6-3-4-8-18/h10-13H,3-9,18-19H2,1-2H3,(H,20,24)(H,21,23)(H,26,27). The van der Waals surface area contributed by atoms with Crippen molar-refractivity contribution in [2.45, 2.75) is 70.1 Å². The summed E-state index contributed by atoms with van der Waals surface area (Å²) in [6.45, 7) is 3.92. The molecular weight excluding hydrogens is 354 g/mol. The van der Waals surface area contributed by atoms with E-state index in [0.29, 0.717) is 38.8 Å². The molecule has 4 unspecified atom stereocenters. The number of likely N-dealkylation sites (tertiary alicyclic amines) is 1. The van der Waals surface area contributed by atoms with E-state index in [1.807, 2.05) is 0 Å². The summed E-state index contributed by atoms with van der Waals surface area (Å²) in [4.78, 5) is 49.5. The molecule has 3 amide bonds. The Hall–Kier alpha value is -2.20. The SMILES string of the molecule is CC(N)C(=O)N1CCCC1C(=O)NC(C)C(=O)NC(CCCCN)C(=O)O. The van der Waals surface area contributed by atoms with E-state index in [-0.39, 0.29) is 12.3 Å². The van der Waals surface area contributed by atoms with Crippen LogP contribution in [-0.2, 0) is 19.2 Å². The molecule has 1 fully saturated rings. The van der Waals surface area contributed by atoms with Gasteiger partial charge in [-0.1, -0.05) is 0 Å². The van der Waals surface area contributed by atoms with Gasteiger partial charge >= 0.3 is 5.97 Å². The first-order chi connectivity index (χ1) is 12.7. The molecule has 10 nitrogen and oxygen atoms in total. The summed E-state index contributed by atoms with van der Waals surface area (Å²) in [6.07, 6.45) is 2.68. The van der Waals surface area contributed by atoms with Crippen molar-refractivity contribution in [3.8, 4) is 0 Å². The molecule has 7 N–H and O–H groups in total. The monoisotopic (exact) mass is 385 g/mol. The van der Waals surface area contributed by atoms with Crippen molar-refractivity contribution in [3.63, 3.8) is 0 Å². The number of hydrogen-bond donors (Lipinski definition) is 5. The van der Waals surface area contributed by atoms with E-state index in [2.05, 4.69) is 10.6 Å². The van der Waals surface area contributed by atoms with Crippen LogP contribution in [0.1, 0.15) is 46.0 Å². The second-order valence-electron chi connectivity index (χ2n) is 6.89. The third-order valence-corrected chi connectivity index (χ3v) is 4.54. The number of amides is 3. The Morgan fingerprint density at radius 2 is 1.85 bits per heavy atom. The molecule has 1 saturated heterocycles. The van der Waals surface area contributed by atoms with Gasteiger partial charge in [0, 0.05) is 6.54 Å². The van der Waals surface area contributed by atoms with E-state index < -0.39 is 42.0 Å². The molecule has 0 aliphatic carbocycles. The van der Waals surface area contributed by atoms with Gasteiger partial charge in [-0.15, -0.1) is 0 Å². The normalized spacial score (nSPS) is 19.9. The van der Waals surface area contributed by atoms with Crippen molar-refractivity contribution in [2.24, 2.45) is 11.5 Å². The lowest BCUT2D eigenvalue weighted by atomic mass is 10.1. The lowest BCUT2D eigenvalue weighted by Crippen LogP contribution is -2.55. The van der Waals surface area contributed by atoms with Crippen molar-refractivity contribution < 1.29 is 24.3 Å². The molecule has 0 aromatic heterocycles. The minimum absolute atomic E-state index is 0.262. The predicted octanol–water partition coefficient (Wildman–Crippen LogP) is -1.47. The van der Waals surface area contributed by atoms with Gasteiger partial charge in [-0.3, -0.25) is 14.4 Å². The van der Waals surface area contributed by atoms with Crippen LogP contribution in [0.5, 0.6) is 0 Å². The third kappa shape index (κ3) is 6.79. The van der Waals surface area contributed by atoms with E-state index in [9.17, 15) is 24.3 Å². The minimum atomic E-state index is -1.14. The highest BCUT2D eigenvalue weighted by atomic mass is 16.4. The molecule has 0 aromatic carbocycles. The largest absolute Gasteiger partial charge is 0.480 e. The zero-order chi connectivity index (χ0) is 20.6. The van der Waals surface area contributed by atoms with Gasteiger partial charge in [0.25, 0.3) is 0 Å². The summed E-state index contributed by atoms with van der Waals surface area (Å²) in [6, 6.07) is -3.34. The highest BCUT2D eigenvalue weighted by Crippen LogP contribution is 2.18. The number of nitrogens with zero attached hydrogens (tertiary/aromatic N) is 1. The van der Waals surface area contributed by atoms with Gasteiger partial charge in [0.05, 0.1) is 6.04 Å². The molecule has 0 saturated carbocycles. The average molecular weight is 385 g/mol. The molecule has 1 rings (SSSR count). The lowest BCUT2D eigenvalue weighted by molar-refractivity contribution is -0.143. The molecule has 10 heteroatoms. The Kier molecular flexibility index (Phi) is 9.16. The molecule has 1 aliphatic heterocycles. The minimum Gasteiger partial charge on any atom is -0.480 e. The third-order valence-electron chi connectivity index (χ3n) is 4.54. The Morgan fingerprint density at radius 1 is 1.19 bits per heavy atom. The van der Waals surface area contributed by atoms with Crippen LogP contribution in [0.3, 0.4) is 0 Å². The number of carboxylic acid groups (broad SMARTS) is 1. The second kappa shape index (κ2) is 10.8. The summed E-state index contributed by atoms with van der Waals surface area (Å²) >= 11 is 0. The number of nitrogens with two attached hydrogens (primary N) is 2. The number of nitrogens with one attached hydrogen (secondary N) is 2. The van der Waals surface area contributed by atoms with Crippen molar-refractivity contribution in [1.82, 2.24) is 15.5 Å². The van der Waals surface area contributed by atoms with Crippen molar-refractivity contribution in [1.29, 1.82) is 0 Å². The van der Waals surface area contributed by atoms with E-state index >= 15 is 0 Å². The molecule has 154 valence electrons. The molecule has 0 bridgehead atoms. The number of aliphatic carboxylic acids is 1. The lowest BCUT2D eigenvalue weighted by Gasteiger charge is -2.27. The number of carbonyl (C=O) groups excluding carboxylic acids is 3. The highest BCUT2D eigenvalue weighted by Gasteiger charge is 2.36. The average Bonchev–Trinajstić information content (AvgIpc) is 3.09. The summed E-state index contributed by atoms with van der Waals surface area (Å²) in [5.41, 5.74) is 11.0. The Labute approximate surface area is 159 Å². The zero-order valence-electron chi connectivity index (χ0n) is 15.9. The van der Waals surface area contributed by atoms with Gasteiger partial charge in [0.2, 0.25) is 17.7 Å². The second-order valence-corrected chi connectivity index (χ2v) is 6.89. The summed E-state index contributed by atoms with van der Waals surface area (Å²) in [7, 11) is 0. The maximum atomic E-state index is 12.5. The fourth-order valence-electron chi connectivity index (χ4n) is 2.99. The first-order valence-electron chi connectivity index (χ1n) is 9.28. The molecule has 1 aliphatic rings. The van der Waals surface area contributed by atoms with Gasteiger partial charge in [-0.2, -0.15) is 0 Å². The van der Waals surface area contributed by atoms with E-state index in [0.717, 1.165) is 0 Å². The zero-order valence-corrected chi connectivity index (χ0v) is 15.9. The molecule has 4 atom stereocenters. The molecule has 1 heterocycles. The van der Waals surface area contributed by atoms with E-state index in [1.165, 1.54) is 11.8 Å². The topological polar surface area (TPSA) is 168 Å². The fraction of sp³-hybridized carbons (Fsp3) is 0.765. The molecular formula is C17H31N5O5. The summed E-state index contributed by atoms with van der Waals surface area (Å²) < 4.78 is 0. The van der Waals surface area contributed by atoms with Gasteiger partial charge in [-0.25, -0.2) is 4.79 Å². The Balaban J connectivity index is 2.61. The Bertz CT molecular complexity index is 554. The maximum absolute atomic E-state index is 12.5. The van der Waals surface area contributed by atoms with Crippen molar-refractivity contribution >= 4 is 23.7 Å². The van der Waals surface area contributed by atoms with Gasteiger partial charge < -0.3 is 32.1 Å². The smallest absolute Gasteiger partial charge is 0.326 e. The Morgan fingerprint density at radius 3 is 2.41 bits per heavy atom. The van der Waals surface area contributed by atoms with Crippen LogP contribution in [0.2, 0.25) is 0 Å². The molecule has 0 radical (unpaired) electrons. The van der Waals surface area contributed by atoms with Crippen LogP contribution < -0.4 is 22.1 Å². The van der Waals surface area contributed by atoms with Gasteiger partial charge in [0.1, 0.15) is 18.1 Å². The van der Waals surface area contributed by atoms with Crippen molar-refractivity contribution in [2.75, 3.05) is 13.1 Å². The fourth-order valence-corrected chi connectivity index (χ4v) is 2.99. The van der Waals surface area contributed by atoms with Crippen LogP contribution in [-0.4, -0.2) is 71.0 Å². The summed E-state index contributed by atoms with van der Waals surface area (Å²) in [5.74, 6) is -2.48. The first-order valence-corrected chi connectivity index (χ1v) is 9.28. The number of hydrogen-bond acceptors (Lipinski definition) is 6. The quantitative estimate of drug-likeness (QED) is 0.286. The van der Waals surface area contributed by atoms with Crippen LogP contribution in [0, 0.1) is 0 Å². The van der Waals surface area contributed by atoms with E-state index in [1.54, 1.807) is 6.92 Å². The van der Waals surface area contributed by atoms with Gasteiger partial charge in [-0.05, 0) is 52.5 Å². The number of unbranched alkanes of at least 4 members (excludes halogenated alkanes) is 1. The van der Waals surface area contributed by atoms with E-state index in [4.69, 9.17) is 11.5 Å². The van der Waals surface area contributed by atoms with Crippen LogP contribution in [0.15, 0.2) is 0 Å². The van der Waals surface area contributed by atoms with Crippen LogP contribution >= 0.6 is 0 Å². The predicted molar refractivity (Wildman–Crippen MR) is 98.5 cm³/mol. The number of carboxylic acids is 1. The van der Waals surface area contributed by atoms with Crippen molar-refractivity contribution in [3.05, 3.63) is 0 Å². The number of rotatable bonds is 10. The molecule has 0 spiro atoms. The summed E-state index contributed by atoms with van der Waals surface area (Å²) in [5, 5.41) is 14.2. The maximum Gasteiger partial charge on any atom is 0.326 e. The highest BCUT2D eigenvalue weighted by molar-refractivity contribution is 5.94. The first kappa shape index (κ1) is 22.8. The van der Waals surface area contributed by atoms with Gasteiger partial charge in [0.15, 0.2) is 0 Å². The molecule has 0 aromatic rings. The van der Waals surface area contributed by atoms with Crippen LogP contribution in [0.25, 0.3) is 0 Å². The van der Waals surface area contributed by atoms with Crippen LogP contribution in [0.4, 0.5) is 0 Å². The molecule has 27 heavy (non-hydrogen) atoms. The number of carbonyl (C=O) groups is 4.